The normalized spacial score (nSPS) is 11.0. The molecule has 0 spiro atoms. The Balaban J connectivity index is 1.85. The van der Waals surface area contributed by atoms with Crippen molar-refractivity contribution in [3.63, 3.8) is 0 Å². The quantitative estimate of drug-likeness (QED) is 0.321. The van der Waals surface area contributed by atoms with Crippen molar-refractivity contribution in [1.29, 1.82) is 0 Å². The molecule has 5 N–H and O–H groups in total. The van der Waals surface area contributed by atoms with Crippen molar-refractivity contribution in [3.05, 3.63) is 64.7 Å². The van der Waals surface area contributed by atoms with E-state index in [0.717, 1.165) is 5.56 Å². The monoisotopic (exact) mass is 419 g/mol. The van der Waals surface area contributed by atoms with Crippen molar-refractivity contribution in [1.82, 2.24) is 10.6 Å². The Morgan fingerprint density at radius 3 is 2.36 bits per heavy atom. The zero-order chi connectivity index (χ0) is 20.7. The first kappa shape index (κ1) is 22.0. The molecule has 2 aromatic rings. The van der Waals surface area contributed by atoms with E-state index in [1.165, 1.54) is 11.6 Å². The van der Waals surface area contributed by atoms with Crippen LogP contribution in [0.25, 0.3) is 0 Å². The van der Waals surface area contributed by atoms with Crippen LogP contribution < -0.4 is 15.8 Å². The number of phenols is 1. The van der Waals surface area contributed by atoms with Gasteiger partial charge in [-0.15, -0.1) is 0 Å². The molecule has 28 heavy (non-hydrogen) atoms. The van der Waals surface area contributed by atoms with Crippen molar-refractivity contribution in [2.75, 3.05) is 0 Å². The molecule has 0 fully saturated rings. The SMILES string of the molecule is CC(C)(C)c1ccc(CNC(=S)NCc2ccc(C(=O)OSN)cc2O)cc1. The number of carbonyl (C=O) groups excluding carboxylic acids is 1. The summed E-state index contributed by atoms with van der Waals surface area (Å²) in [6, 6.07) is 12.9. The van der Waals surface area contributed by atoms with Crippen LogP contribution in [-0.4, -0.2) is 16.2 Å². The Kier molecular flexibility index (Phi) is 7.68. The van der Waals surface area contributed by atoms with Crippen molar-refractivity contribution in [3.8, 4) is 5.75 Å². The Morgan fingerprint density at radius 1 is 1.14 bits per heavy atom. The highest BCUT2D eigenvalue weighted by atomic mass is 32.2. The molecule has 0 saturated heterocycles. The molecule has 0 radical (unpaired) electrons. The minimum Gasteiger partial charge on any atom is -0.508 e. The zero-order valence-electron chi connectivity index (χ0n) is 16.1. The van der Waals surface area contributed by atoms with E-state index in [4.69, 9.17) is 17.4 Å². The largest absolute Gasteiger partial charge is 0.508 e. The van der Waals surface area contributed by atoms with E-state index in [1.54, 1.807) is 12.1 Å². The molecular formula is C20H25N3O3S2. The van der Waals surface area contributed by atoms with Gasteiger partial charge in [0.15, 0.2) is 5.11 Å². The van der Waals surface area contributed by atoms with Gasteiger partial charge in [0, 0.05) is 18.7 Å². The summed E-state index contributed by atoms with van der Waals surface area (Å²) < 4.78 is 4.62. The second-order valence-corrected chi connectivity index (χ2v) is 8.06. The molecule has 6 nitrogen and oxygen atoms in total. The molecule has 0 aliphatic heterocycles. The summed E-state index contributed by atoms with van der Waals surface area (Å²) in [4.78, 5) is 11.6. The Hall–Kier alpha value is -2.29. The van der Waals surface area contributed by atoms with Crippen molar-refractivity contribution < 1.29 is 14.1 Å². The highest BCUT2D eigenvalue weighted by Gasteiger charge is 2.13. The van der Waals surface area contributed by atoms with Crippen LogP contribution in [0.1, 0.15) is 47.8 Å². The molecule has 150 valence electrons. The van der Waals surface area contributed by atoms with Gasteiger partial charge in [0.1, 0.15) is 18.0 Å². The number of benzene rings is 2. The lowest BCUT2D eigenvalue weighted by Gasteiger charge is -2.19. The second kappa shape index (κ2) is 9.77. The van der Waals surface area contributed by atoms with Gasteiger partial charge in [-0.2, -0.15) is 0 Å². The molecule has 2 aromatic carbocycles. The minimum atomic E-state index is -0.614. The molecule has 0 atom stereocenters. The van der Waals surface area contributed by atoms with Crippen LogP contribution in [0.15, 0.2) is 42.5 Å². The van der Waals surface area contributed by atoms with Gasteiger partial charge in [0.2, 0.25) is 0 Å². The fraction of sp³-hybridized carbons (Fsp3) is 0.300. The lowest BCUT2D eigenvalue weighted by Crippen LogP contribution is -2.34. The molecule has 0 amide bonds. The van der Waals surface area contributed by atoms with E-state index < -0.39 is 5.97 Å². The highest BCUT2D eigenvalue weighted by Crippen LogP contribution is 2.22. The van der Waals surface area contributed by atoms with Crippen LogP contribution in [0.2, 0.25) is 0 Å². The lowest BCUT2D eigenvalue weighted by molar-refractivity contribution is 0.0767. The number of hydrogen-bond acceptors (Lipinski definition) is 6. The van der Waals surface area contributed by atoms with Gasteiger partial charge in [0.05, 0.1) is 5.56 Å². The summed E-state index contributed by atoms with van der Waals surface area (Å²) in [7, 11) is 0. The van der Waals surface area contributed by atoms with E-state index in [-0.39, 0.29) is 16.7 Å². The first-order chi connectivity index (χ1) is 13.2. The fourth-order valence-corrected chi connectivity index (χ4v) is 2.80. The summed E-state index contributed by atoms with van der Waals surface area (Å²) in [6.07, 6.45) is 0. The molecule has 0 heterocycles. The van der Waals surface area contributed by atoms with E-state index in [0.29, 0.717) is 36.0 Å². The average molecular weight is 420 g/mol. The maximum Gasteiger partial charge on any atom is 0.351 e. The number of carbonyl (C=O) groups is 1. The van der Waals surface area contributed by atoms with Crippen LogP contribution in [0.3, 0.4) is 0 Å². The number of rotatable bonds is 6. The number of hydrogen-bond donors (Lipinski definition) is 4. The van der Waals surface area contributed by atoms with Gasteiger partial charge >= 0.3 is 5.97 Å². The molecule has 2 rings (SSSR count). The van der Waals surface area contributed by atoms with Crippen LogP contribution >= 0.6 is 24.4 Å². The van der Waals surface area contributed by atoms with Crippen molar-refractivity contribution in [2.45, 2.75) is 39.3 Å². The van der Waals surface area contributed by atoms with Gasteiger partial charge in [-0.3, -0.25) is 0 Å². The minimum absolute atomic E-state index is 0.0236. The third-order valence-corrected chi connectivity index (χ3v) is 4.69. The van der Waals surface area contributed by atoms with Crippen LogP contribution in [0.5, 0.6) is 5.75 Å². The average Bonchev–Trinajstić information content (AvgIpc) is 2.65. The first-order valence-electron chi connectivity index (χ1n) is 8.71. The number of phenolic OH excluding ortho intramolecular Hbond substituents is 1. The van der Waals surface area contributed by atoms with Gasteiger partial charge in [-0.1, -0.05) is 51.1 Å². The van der Waals surface area contributed by atoms with Crippen LogP contribution in [0, 0.1) is 0 Å². The molecule has 0 aliphatic carbocycles. The van der Waals surface area contributed by atoms with E-state index in [2.05, 4.69) is 59.9 Å². The van der Waals surface area contributed by atoms with Gasteiger partial charge in [-0.05, 0) is 40.9 Å². The third kappa shape index (κ3) is 6.40. The predicted molar refractivity (Wildman–Crippen MR) is 117 cm³/mol. The Bertz CT molecular complexity index is 834. The number of thiocarbonyl (C=S) groups is 1. The second-order valence-electron chi connectivity index (χ2n) is 7.29. The van der Waals surface area contributed by atoms with Crippen LogP contribution in [0.4, 0.5) is 0 Å². The lowest BCUT2D eigenvalue weighted by atomic mass is 9.87. The van der Waals surface area contributed by atoms with Crippen molar-refractivity contribution >= 4 is 35.5 Å². The zero-order valence-corrected chi connectivity index (χ0v) is 17.7. The van der Waals surface area contributed by atoms with E-state index >= 15 is 0 Å². The number of aromatic hydroxyl groups is 1. The van der Waals surface area contributed by atoms with Gasteiger partial charge in [-0.25, -0.2) is 9.93 Å². The van der Waals surface area contributed by atoms with Gasteiger partial charge < -0.3 is 19.9 Å². The van der Waals surface area contributed by atoms with E-state index in [1.807, 2.05) is 0 Å². The summed E-state index contributed by atoms with van der Waals surface area (Å²) in [6.45, 7) is 7.47. The summed E-state index contributed by atoms with van der Waals surface area (Å²) in [5, 5.41) is 21.8. The summed E-state index contributed by atoms with van der Waals surface area (Å²) in [5.41, 5.74) is 3.36. The Morgan fingerprint density at radius 2 is 1.79 bits per heavy atom. The molecule has 0 unspecified atom stereocenters. The molecule has 8 heteroatoms. The first-order valence-corrected chi connectivity index (χ1v) is 9.92. The Labute approximate surface area is 175 Å². The maximum atomic E-state index is 11.6. The predicted octanol–water partition coefficient (Wildman–Crippen LogP) is 3.53. The number of nitrogens with two attached hydrogens (primary N) is 1. The molecule has 0 saturated carbocycles. The molecule has 0 aromatic heterocycles. The molecule has 0 aliphatic rings. The summed E-state index contributed by atoms with van der Waals surface area (Å²) >= 11 is 5.75. The highest BCUT2D eigenvalue weighted by molar-refractivity contribution is 7.92. The van der Waals surface area contributed by atoms with Gasteiger partial charge in [0.25, 0.3) is 0 Å². The van der Waals surface area contributed by atoms with Crippen LogP contribution in [-0.2, 0) is 22.7 Å². The summed E-state index contributed by atoms with van der Waals surface area (Å²) in [5.74, 6) is -0.637. The topological polar surface area (TPSA) is 96.6 Å². The van der Waals surface area contributed by atoms with Crippen molar-refractivity contribution in [2.24, 2.45) is 5.14 Å². The van der Waals surface area contributed by atoms with E-state index in [9.17, 15) is 9.90 Å². The smallest absolute Gasteiger partial charge is 0.351 e. The molecule has 0 bridgehead atoms. The standard InChI is InChI=1S/C20H25N3O3S2/c1-20(2,3)16-8-4-13(5-9-16)11-22-19(27)23-12-15-7-6-14(10-17(15)24)18(25)26-28-21/h4-10,24H,11-12,21H2,1-3H3,(H2,22,23,27). The fourth-order valence-electron chi connectivity index (χ4n) is 2.48. The number of nitrogens with one attached hydrogen (secondary N) is 2. The third-order valence-electron chi connectivity index (χ3n) is 4.16. The molecular weight excluding hydrogens is 394 g/mol. The maximum absolute atomic E-state index is 11.6.